The van der Waals surface area contributed by atoms with E-state index in [1.807, 2.05) is 0 Å². The van der Waals surface area contributed by atoms with E-state index in [4.69, 9.17) is 0 Å². The molecule has 3 heterocycles. The summed E-state index contributed by atoms with van der Waals surface area (Å²) in [4.78, 5) is 42.4. The van der Waals surface area contributed by atoms with E-state index < -0.39 is 0 Å². The van der Waals surface area contributed by atoms with Gasteiger partial charge in [-0.1, -0.05) is 25.7 Å². The van der Waals surface area contributed by atoms with E-state index in [2.05, 4.69) is 19.9 Å². The van der Waals surface area contributed by atoms with E-state index in [-0.39, 0.29) is 11.5 Å². The van der Waals surface area contributed by atoms with Crippen LogP contribution in [0.1, 0.15) is 49.8 Å². The van der Waals surface area contributed by atoms with Gasteiger partial charge in [0.15, 0.2) is 5.82 Å². The van der Waals surface area contributed by atoms with E-state index in [1.54, 1.807) is 23.5 Å². The number of carbonyl (C=O) groups is 1. The molecule has 2 aromatic heterocycles. The molecule has 0 radical (unpaired) electrons. The van der Waals surface area contributed by atoms with Crippen molar-refractivity contribution in [2.24, 2.45) is 5.92 Å². The van der Waals surface area contributed by atoms with Crippen molar-refractivity contribution in [2.75, 3.05) is 6.54 Å². The zero-order valence-corrected chi connectivity index (χ0v) is 14.8. The molecule has 2 aliphatic rings. The molecule has 0 unspecified atom stereocenters. The summed E-state index contributed by atoms with van der Waals surface area (Å²) in [7, 11) is 0. The lowest BCUT2D eigenvalue weighted by Crippen LogP contribution is -2.39. The molecular weight excluding hydrogens is 330 g/mol. The maximum absolute atomic E-state index is 12.5. The summed E-state index contributed by atoms with van der Waals surface area (Å²) in [6.07, 6.45) is 12.0. The number of hydrogen-bond donors (Lipinski definition) is 1. The van der Waals surface area contributed by atoms with Gasteiger partial charge in [-0.15, -0.1) is 0 Å². The first-order valence-corrected chi connectivity index (χ1v) is 9.37. The van der Waals surface area contributed by atoms with E-state index in [0.29, 0.717) is 48.9 Å². The largest absolute Gasteiger partial charge is 0.338 e. The number of nitrogens with zero attached hydrogens (tertiary/aromatic N) is 4. The van der Waals surface area contributed by atoms with Crippen molar-refractivity contribution in [3.8, 4) is 11.5 Å². The molecule has 1 fully saturated rings. The average molecular weight is 353 g/mol. The zero-order chi connectivity index (χ0) is 17.9. The number of amides is 1. The Bertz CT molecular complexity index is 843. The highest BCUT2D eigenvalue weighted by atomic mass is 16.2. The number of carbonyl (C=O) groups excluding carboxylic acids is 1. The lowest BCUT2D eigenvalue weighted by molar-refractivity contribution is -0.132. The van der Waals surface area contributed by atoms with Gasteiger partial charge in [0.2, 0.25) is 5.91 Å². The van der Waals surface area contributed by atoms with Crippen LogP contribution >= 0.6 is 0 Å². The van der Waals surface area contributed by atoms with Crippen LogP contribution in [0.15, 0.2) is 23.4 Å². The minimum atomic E-state index is -0.191. The van der Waals surface area contributed by atoms with Crippen molar-refractivity contribution in [1.29, 1.82) is 0 Å². The second-order valence-electron chi connectivity index (χ2n) is 7.18. The third-order valence-corrected chi connectivity index (χ3v) is 5.47. The van der Waals surface area contributed by atoms with Gasteiger partial charge in [0.05, 0.1) is 24.0 Å². The normalized spacial score (nSPS) is 17.3. The lowest BCUT2D eigenvalue weighted by atomic mass is 10.0. The van der Waals surface area contributed by atoms with Crippen LogP contribution in [0.25, 0.3) is 11.5 Å². The molecule has 7 heteroatoms. The van der Waals surface area contributed by atoms with Crippen molar-refractivity contribution >= 4 is 5.91 Å². The molecular formula is C19H23N5O2. The molecule has 1 aliphatic carbocycles. The molecule has 4 rings (SSSR count). The summed E-state index contributed by atoms with van der Waals surface area (Å²) >= 11 is 0. The monoisotopic (exact) mass is 353 g/mol. The van der Waals surface area contributed by atoms with Crippen LogP contribution in [0.3, 0.4) is 0 Å². The van der Waals surface area contributed by atoms with Gasteiger partial charge in [-0.25, -0.2) is 9.97 Å². The highest BCUT2D eigenvalue weighted by Gasteiger charge is 2.25. The Morgan fingerprint density at radius 3 is 2.88 bits per heavy atom. The summed E-state index contributed by atoms with van der Waals surface area (Å²) < 4.78 is 0. The first kappa shape index (κ1) is 16.9. The minimum Gasteiger partial charge on any atom is -0.338 e. The quantitative estimate of drug-likeness (QED) is 0.908. The third kappa shape index (κ3) is 3.52. The Hall–Kier alpha value is -2.57. The van der Waals surface area contributed by atoms with Crippen LogP contribution < -0.4 is 5.56 Å². The van der Waals surface area contributed by atoms with Crippen LogP contribution in [-0.2, 0) is 17.8 Å². The van der Waals surface area contributed by atoms with Gasteiger partial charge in [-0.2, -0.15) is 0 Å². The molecule has 0 atom stereocenters. The molecule has 1 aliphatic heterocycles. The van der Waals surface area contributed by atoms with Gasteiger partial charge < -0.3 is 9.88 Å². The van der Waals surface area contributed by atoms with Gasteiger partial charge in [0, 0.05) is 31.8 Å². The Morgan fingerprint density at radius 2 is 2.12 bits per heavy atom. The van der Waals surface area contributed by atoms with E-state index in [1.165, 1.54) is 25.7 Å². The standard InChI is InChI=1S/C19H23N5O2/c25-17(6-5-13-3-1-2-4-13)24-10-7-15-14(12-24)19(26)23-18(22-15)16-11-20-8-9-21-16/h8-9,11,13H,1-7,10,12H2,(H,22,23,26). The predicted molar refractivity (Wildman–Crippen MR) is 96.2 cm³/mol. The highest BCUT2D eigenvalue weighted by molar-refractivity contribution is 5.76. The van der Waals surface area contributed by atoms with Gasteiger partial charge in [0.25, 0.3) is 5.56 Å². The van der Waals surface area contributed by atoms with Crippen molar-refractivity contribution in [3.05, 3.63) is 40.2 Å². The summed E-state index contributed by atoms with van der Waals surface area (Å²) in [5.41, 5.74) is 1.71. The van der Waals surface area contributed by atoms with Crippen LogP contribution in [0.2, 0.25) is 0 Å². The van der Waals surface area contributed by atoms with Crippen LogP contribution in [-0.4, -0.2) is 37.3 Å². The number of rotatable bonds is 4. The summed E-state index contributed by atoms with van der Waals surface area (Å²) in [6, 6.07) is 0. The molecule has 1 saturated carbocycles. The number of aromatic amines is 1. The van der Waals surface area contributed by atoms with E-state index >= 15 is 0 Å². The molecule has 136 valence electrons. The fraction of sp³-hybridized carbons (Fsp3) is 0.526. The number of fused-ring (bicyclic) bond motifs is 1. The Morgan fingerprint density at radius 1 is 1.27 bits per heavy atom. The Kier molecular flexibility index (Phi) is 4.77. The number of nitrogens with one attached hydrogen (secondary N) is 1. The van der Waals surface area contributed by atoms with Gasteiger partial charge in [0.1, 0.15) is 5.69 Å². The molecule has 0 saturated heterocycles. The Balaban J connectivity index is 1.46. The van der Waals surface area contributed by atoms with Crippen LogP contribution in [0.4, 0.5) is 0 Å². The maximum atomic E-state index is 12.5. The highest BCUT2D eigenvalue weighted by Crippen LogP contribution is 2.29. The smallest absolute Gasteiger partial charge is 0.256 e. The second-order valence-corrected chi connectivity index (χ2v) is 7.18. The first-order chi connectivity index (χ1) is 12.7. The molecule has 7 nitrogen and oxygen atoms in total. The van der Waals surface area contributed by atoms with E-state index in [9.17, 15) is 9.59 Å². The van der Waals surface area contributed by atoms with Crippen molar-refractivity contribution in [2.45, 2.75) is 51.5 Å². The van der Waals surface area contributed by atoms with Crippen molar-refractivity contribution < 1.29 is 4.79 Å². The van der Waals surface area contributed by atoms with Crippen LogP contribution in [0, 0.1) is 5.92 Å². The second kappa shape index (κ2) is 7.35. The number of H-pyrrole nitrogens is 1. The molecule has 0 spiro atoms. The Labute approximate surface area is 151 Å². The molecule has 1 N–H and O–H groups in total. The molecule has 0 aromatic carbocycles. The topological polar surface area (TPSA) is 91.8 Å². The molecule has 1 amide bonds. The molecule has 26 heavy (non-hydrogen) atoms. The first-order valence-electron chi connectivity index (χ1n) is 9.37. The van der Waals surface area contributed by atoms with Gasteiger partial charge in [-0.3, -0.25) is 14.6 Å². The maximum Gasteiger partial charge on any atom is 0.256 e. The molecule has 0 bridgehead atoms. The summed E-state index contributed by atoms with van der Waals surface area (Å²) in [6.45, 7) is 0.967. The van der Waals surface area contributed by atoms with Gasteiger partial charge >= 0.3 is 0 Å². The fourth-order valence-electron chi connectivity index (χ4n) is 3.97. The average Bonchev–Trinajstić information content (AvgIpc) is 3.20. The minimum absolute atomic E-state index is 0.153. The van der Waals surface area contributed by atoms with Gasteiger partial charge in [-0.05, 0) is 12.3 Å². The zero-order valence-electron chi connectivity index (χ0n) is 14.8. The summed E-state index contributed by atoms with van der Waals surface area (Å²) in [5.74, 6) is 1.29. The van der Waals surface area contributed by atoms with E-state index in [0.717, 1.165) is 12.1 Å². The lowest BCUT2D eigenvalue weighted by Gasteiger charge is -2.28. The SMILES string of the molecule is O=C(CCC1CCCC1)N1CCc2nc(-c3cnccn3)[nH]c(=O)c2C1. The third-order valence-electron chi connectivity index (χ3n) is 5.47. The number of hydrogen-bond acceptors (Lipinski definition) is 5. The van der Waals surface area contributed by atoms with Crippen LogP contribution in [0.5, 0.6) is 0 Å². The summed E-state index contributed by atoms with van der Waals surface area (Å²) in [5, 5.41) is 0. The van der Waals surface area contributed by atoms with Crippen molar-refractivity contribution in [3.63, 3.8) is 0 Å². The fourth-order valence-corrected chi connectivity index (χ4v) is 3.97. The molecule has 2 aromatic rings. The van der Waals surface area contributed by atoms with Crippen molar-refractivity contribution in [1.82, 2.24) is 24.8 Å². The predicted octanol–water partition coefficient (Wildman–Crippen LogP) is 2.08. The number of aromatic nitrogens is 4.